The van der Waals surface area contributed by atoms with Crippen molar-refractivity contribution in [1.82, 2.24) is 19.5 Å². The average molecular weight is 388 g/mol. The number of nitrogens with zero attached hydrogens (tertiary/aromatic N) is 4. The van der Waals surface area contributed by atoms with Gasteiger partial charge in [-0.25, -0.2) is 15.0 Å². The van der Waals surface area contributed by atoms with Crippen molar-refractivity contribution in [2.24, 2.45) is 0 Å². The summed E-state index contributed by atoms with van der Waals surface area (Å²) in [6.45, 7) is 6.13. The molecule has 24 heavy (non-hydrogen) atoms. The molecule has 0 bridgehead atoms. The van der Waals surface area contributed by atoms with Gasteiger partial charge in [-0.2, -0.15) is 0 Å². The van der Waals surface area contributed by atoms with Crippen LogP contribution in [0.3, 0.4) is 0 Å². The number of thiophene rings is 1. The largest absolute Gasteiger partial charge is 0.369 e. The summed E-state index contributed by atoms with van der Waals surface area (Å²) in [6, 6.07) is 2.22. The number of halogens is 2. The second-order valence-electron chi connectivity index (χ2n) is 5.21. The molecule has 0 fully saturated rings. The van der Waals surface area contributed by atoms with Crippen LogP contribution in [-0.2, 0) is 19.4 Å². The van der Waals surface area contributed by atoms with E-state index in [1.54, 1.807) is 11.3 Å². The summed E-state index contributed by atoms with van der Waals surface area (Å²) in [6.07, 6.45) is 8.59. The Hall–Kier alpha value is -1.37. The monoisotopic (exact) mass is 387 g/mol. The van der Waals surface area contributed by atoms with Crippen LogP contribution in [0, 0.1) is 0 Å². The molecule has 0 unspecified atom stereocenters. The third kappa shape index (κ3) is 4.82. The Morgan fingerprint density at radius 2 is 2.00 bits per heavy atom. The number of imidazole rings is 1. The summed E-state index contributed by atoms with van der Waals surface area (Å²) in [5.74, 6) is 1.89. The Balaban J connectivity index is 0.00000144. The average Bonchev–Trinajstić information content (AvgIpc) is 3.19. The van der Waals surface area contributed by atoms with E-state index in [-0.39, 0.29) is 24.8 Å². The predicted molar refractivity (Wildman–Crippen MR) is 106 cm³/mol. The molecule has 0 amide bonds. The molecule has 0 aliphatic rings. The predicted octanol–water partition coefficient (Wildman–Crippen LogP) is 4.36. The van der Waals surface area contributed by atoms with Crippen LogP contribution >= 0.6 is 36.2 Å². The molecule has 8 heteroatoms. The minimum Gasteiger partial charge on any atom is -0.369 e. The van der Waals surface area contributed by atoms with Gasteiger partial charge in [-0.1, -0.05) is 13.8 Å². The molecule has 0 saturated carbocycles. The van der Waals surface area contributed by atoms with E-state index < -0.39 is 0 Å². The molecular formula is C16H23Cl2N5S. The minimum absolute atomic E-state index is 0. The second kappa shape index (κ2) is 9.81. The number of fused-ring (bicyclic) bond motifs is 1. The standard InChI is InChI=1S/C16H21N5S.2ClH/c1-3-12-10-13-15(19-14(4-2)20-16(13)22-12)18-6-5-8-21-9-7-17-11-21;;/h7,9-11H,3-6,8H2,1-2H3,(H,18,19,20);2*1H. The van der Waals surface area contributed by atoms with Crippen LogP contribution in [-0.4, -0.2) is 26.1 Å². The van der Waals surface area contributed by atoms with Crippen molar-refractivity contribution in [3.05, 3.63) is 35.5 Å². The normalized spacial score (nSPS) is 10.2. The lowest BCUT2D eigenvalue weighted by molar-refractivity contribution is 0.660. The lowest BCUT2D eigenvalue weighted by Crippen LogP contribution is -2.08. The molecule has 0 aliphatic carbocycles. The van der Waals surface area contributed by atoms with Crippen molar-refractivity contribution in [2.45, 2.75) is 39.7 Å². The Morgan fingerprint density at radius 3 is 2.67 bits per heavy atom. The topological polar surface area (TPSA) is 55.6 Å². The Morgan fingerprint density at radius 1 is 1.17 bits per heavy atom. The Labute approximate surface area is 158 Å². The molecule has 5 nitrogen and oxygen atoms in total. The molecule has 0 saturated heterocycles. The van der Waals surface area contributed by atoms with Gasteiger partial charge in [0.25, 0.3) is 0 Å². The third-order valence-corrected chi connectivity index (χ3v) is 4.77. The van der Waals surface area contributed by atoms with E-state index in [4.69, 9.17) is 0 Å². The summed E-state index contributed by atoms with van der Waals surface area (Å²) in [5, 5.41) is 4.64. The fourth-order valence-electron chi connectivity index (χ4n) is 2.37. The summed E-state index contributed by atoms with van der Waals surface area (Å²) in [7, 11) is 0. The quantitative estimate of drug-likeness (QED) is 0.611. The van der Waals surface area contributed by atoms with E-state index in [9.17, 15) is 0 Å². The van der Waals surface area contributed by atoms with E-state index in [1.165, 1.54) is 4.88 Å². The van der Waals surface area contributed by atoms with Gasteiger partial charge < -0.3 is 9.88 Å². The van der Waals surface area contributed by atoms with E-state index >= 15 is 0 Å². The van der Waals surface area contributed by atoms with Crippen molar-refractivity contribution in [1.29, 1.82) is 0 Å². The first-order chi connectivity index (χ1) is 10.8. The van der Waals surface area contributed by atoms with Gasteiger partial charge in [-0.15, -0.1) is 36.2 Å². The molecule has 0 radical (unpaired) electrons. The lowest BCUT2D eigenvalue weighted by Gasteiger charge is -2.08. The van der Waals surface area contributed by atoms with E-state index in [2.05, 4.69) is 44.7 Å². The first-order valence-electron chi connectivity index (χ1n) is 7.79. The molecule has 0 spiro atoms. The van der Waals surface area contributed by atoms with Gasteiger partial charge in [0.05, 0.1) is 11.7 Å². The molecule has 3 rings (SSSR count). The van der Waals surface area contributed by atoms with Gasteiger partial charge in [0.15, 0.2) is 0 Å². The zero-order chi connectivity index (χ0) is 15.4. The first-order valence-corrected chi connectivity index (χ1v) is 8.60. The zero-order valence-corrected chi connectivity index (χ0v) is 16.3. The highest BCUT2D eigenvalue weighted by Gasteiger charge is 2.10. The molecule has 0 aromatic carbocycles. The lowest BCUT2D eigenvalue weighted by atomic mass is 10.3. The number of anilines is 1. The van der Waals surface area contributed by atoms with Crippen LogP contribution in [0.4, 0.5) is 5.82 Å². The highest BCUT2D eigenvalue weighted by molar-refractivity contribution is 7.18. The Kier molecular flexibility index (Phi) is 8.45. The number of hydrogen-bond acceptors (Lipinski definition) is 5. The van der Waals surface area contributed by atoms with Gasteiger partial charge in [0, 0.05) is 36.8 Å². The smallest absolute Gasteiger partial charge is 0.138 e. The fraction of sp³-hybridized carbons (Fsp3) is 0.438. The number of hydrogen-bond donors (Lipinski definition) is 1. The first kappa shape index (κ1) is 20.7. The highest BCUT2D eigenvalue weighted by Crippen LogP contribution is 2.29. The van der Waals surface area contributed by atoms with E-state index in [0.29, 0.717) is 0 Å². The van der Waals surface area contributed by atoms with Crippen molar-refractivity contribution in [3.63, 3.8) is 0 Å². The van der Waals surface area contributed by atoms with Gasteiger partial charge in [0.2, 0.25) is 0 Å². The number of nitrogens with one attached hydrogen (secondary N) is 1. The maximum atomic E-state index is 4.67. The van der Waals surface area contributed by atoms with Crippen molar-refractivity contribution in [2.75, 3.05) is 11.9 Å². The number of rotatable bonds is 7. The summed E-state index contributed by atoms with van der Waals surface area (Å²) >= 11 is 1.77. The van der Waals surface area contributed by atoms with Crippen LogP contribution in [0.15, 0.2) is 24.8 Å². The van der Waals surface area contributed by atoms with Crippen LogP contribution < -0.4 is 5.32 Å². The molecule has 1 N–H and O–H groups in total. The molecular weight excluding hydrogens is 365 g/mol. The van der Waals surface area contributed by atoms with Gasteiger partial charge in [-0.3, -0.25) is 0 Å². The van der Waals surface area contributed by atoms with E-state index in [1.807, 2.05) is 18.7 Å². The SMILES string of the molecule is CCc1nc(NCCCn2ccnc2)c2cc(CC)sc2n1.Cl.Cl. The van der Waals surface area contributed by atoms with Crippen LogP contribution in [0.5, 0.6) is 0 Å². The minimum atomic E-state index is 0. The molecule has 3 aromatic rings. The maximum absolute atomic E-state index is 4.67. The van der Waals surface area contributed by atoms with Gasteiger partial charge in [-0.05, 0) is 18.9 Å². The molecule has 3 heterocycles. The van der Waals surface area contributed by atoms with Crippen molar-refractivity contribution in [3.8, 4) is 0 Å². The number of aromatic nitrogens is 4. The van der Waals surface area contributed by atoms with Crippen LogP contribution in [0.1, 0.15) is 31.0 Å². The zero-order valence-electron chi connectivity index (χ0n) is 13.9. The van der Waals surface area contributed by atoms with Crippen LogP contribution in [0.2, 0.25) is 0 Å². The molecule has 3 aromatic heterocycles. The summed E-state index contributed by atoms with van der Waals surface area (Å²) in [4.78, 5) is 15.8. The molecule has 0 atom stereocenters. The summed E-state index contributed by atoms with van der Waals surface area (Å²) < 4.78 is 2.09. The van der Waals surface area contributed by atoms with Gasteiger partial charge >= 0.3 is 0 Å². The fourth-order valence-corrected chi connectivity index (χ4v) is 3.36. The van der Waals surface area contributed by atoms with Crippen molar-refractivity contribution >= 4 is 52.2 Å². The third-order valence-electron chi connectivity index (χ3n) is 3.60. The molecule has 0 aliphatic heterocycles. The van der Waals surface area contributed by atoms with Crippen molar-refractivity contribution < 1.29 is 0 Å². The second-order valence-corrected chi connectivity index (χ2v) is 6.32. The summed E-state index contributed by atoms with van der Waals surface area (Å²) in [5.41, 5.74) is 0. The van der Waals surface area contributed by atoms with Gasteiger partial charge in [0.1, 0.15) is 16.5 Å². The highest BCUT2D eigenvalue weighted by atomic mass is 35.5. The van der Waals surface area contributed by atoms with E-state index in [0.717, 1.165) is 54.2 Å². The molecule has 132 valence electrons. The Bertz CT molecular complexity index is 742. The van der Waals surface area contributed by atoms with Crippen LogP contribution in [0.25, 0.3) is 10.2 Å². The number of aryl methyl sites for hydroxylation is 3. The maximum Gasteiger partial charge on any atom is 0.138 e.